The zero-order valence-electron chi connectivity index (χ0n) is 12.9. The van der Waals surface area contributed by atoms with Crippen molar-refractivity contribution < 1.29 is 14.7 Å². The fourth-order valence-electron chi connectivity index (χ4n) is 2.65. The largest absolute Gasteiger partial charge is 0.481 e. The van der Waals surface area contributed by atoms with Crippen molar-refractivity contribution in [2.45, 2.75) is 38.6 Å². The summed E-state index contributed by atoms with van der Waals surface area (Å²) in [7, 11) is 0. The summed E-state index contributed by atoms with van der Waals surface area (Å²) in [6.07, 6.45) is 1.09. The summed E-state index contributed by atoms with van der Waals surface area (Å²) >= 11 is 0. The maximum absolute atomic E-state index is 12.5. The van der Waals surface area contributed by atoms with Gasteiger partial charge in [0.15, 0.2) is 0 Å². The van der Waals surface area contributed by atoms with Gasteiger partial charge in [-0.25, -0.2) is 0 Å². The third kappa shape index (κ3) is 3.45. The molecule has 0 heterocycles. The number of hydrogen-bond acceptors (Lipinski definition) is 2. The quantitative estimate of drug-likeness (QED) is 0.856. The van der Waals surface area contributed by atoms with Crippen molar-refractivity contribution in [1.82, 2.24) is 5.32 Å². The molecule has 2 aromatic carbocycles. The molecule has 0 aliphatic rings. The predicted molar refractivity (Wildman–Crippen MR) is 87.0 cm³/mol. The molecule has 0 fully saturated rings. The van der Waals surface area contributed by atoms with Crippen molar-refractivity contribution in [3.8, 4) is 0 Å². The summed E-state index contributed by atoms with van der Waals surface area (Å²) in [5.41, 5.74) is -0.149. The van der Waals surface area contributed by atoms with E-state index >= 15 is 0 Å². The first-order chi connectivity index (χ1) is 10.5. The van der Waals surface area contributed by atoms with Crippen molar-refractivity contribution >= 4 is 22.6 Å². The van der Waals surface area contributed by atoms with Crippen LogP contribution < -0.4 is 5.32 Å². The normalized spacial score (nSPS) is 11.4. The first-order valence-electron chi connectivity index (χ1n) is 7.53. The van der Waals surface area contributed by atoms with E-state index in [1.807, 2.05) is 50.2 Å². The van der Waals surface area contributed by atoms with Gasteiger partial charge in [-0.05, 0) is 35.7 Å². The van der Waals surface area contributed by atoms with Crippen LogP contribution in [0.1, 0.15) is 43.5 Å². The minimum absolute atomic E-state index is 0.0701. The molecular formula is C18H21NO3. The van der Waals surface area contributed by atoms with Crippen molar-refractivity contribution in [2.24, 2.45) is 0 Å². The van der Waals surface area contributed by atoms with Crippen LogP contribution in [0.5, 0.6) is 0 Å². The molecule has 116 valence electrons. The van der Waals surface area contributed by atoms with Gasteiger partial charge in [0.2, 0.25) is 0 Å². The lowest BCUT2D eigenvalue weighted by Gasteiger charge is -2.31. The van der Waals surface area contributed by atoms with Crippen LogP contribution in [-0.4, -0.2) is 22.5 Å². The number of nitrogens with one attached hydrogen (secondary N) is 1. The van der Waals surface area contributed by atoms with E-state index in [1.54, 1.807) is 6.07 Å². The Hall–Kier alpha value is -2.36. The van der Waals surface area contributed by atoms with Crippen LogP contribution >= 0.6 is 0 Å². The summed E-state index contributed by atoms with van der Waals surface area (Å²) in [6, 6.07) is 13.3. The van der Waals surface area contributed by atoms with E-state index in [1.165, 1.54) is 0 Å². The van der Waals surface area contributed by atoms with Crippen molar-refractivity contribution in [1.29, 1.82) is 0 Å². The highest BCUT2D eigenvalue weighted by molar-refractivity contribution is 5.99. The predicted octanol–water partition coefficient (Wildman–Crippen LogP) is 3.60. The molecule has 0 saturated carbocycles. The fraction of sp³-hybridized carbons (Fsp3) is 0.333. The average molecular weight is 299 g/mol. The van der Waals surface area contributed by atoms with Gasteiger partial charge in [0.05, 0.1) is 12.0 Å². The summed E-state index contributed by atoms with van der Waals surface area (Å²) in [6.45, 7) is 3.79. The highest BCUT2D eigenvalue weighted by atomic mass is 16.4. The van der Waals surface area contributed by atoms with Crippen LogP contribution in [0.15, 0.2) is 42.5 Å². The second-order valence-electron chi connectivity index (χ2n) is 5.57. The van der Waals surface area contributed by atoms with Gasteiger partial charge in [-0.1, -0.05) is 44.2 Å². The van der Waals surface area contributed by atoms with E-state index in [0.717, 1.165) is 10.8 Å². The lowest BCUT2D eigenvalue weighted by Crippen LogP contribution is -2.49. The molecule has 2 N–H and O–H groups in total. The molecule has 1 amide bonds. The Labute approximate surface area is 130 Å². The van der Waals surface area contributed by atoms with E-state index < -0.39 is 11.5 Å². The smallest absolute Gasteiger partial charge is 0.305 e. The van der Waals surface area contributed by atoms with Crippen LogP contribution in [0.2, 0.25) is 0 Å². The highest BCUT2D eigenvalue weighted by Crippen LogP contribution is 2.22. The third-order valence-electron chi connectivity index (χ3n) is 4.23. The van der Waals surface area contributed by atoms with E-state index in [-0.39, 0.29) is 12.3 Å². The molecule has 0 aromatic heterocycles. The Balaban J connectivity index is 2.26. The van der Waals surface area contributed by atoms with E-state index in [2.05, 4.69) is 5.32 Å². The van der Waals surface area contributed by atoms with Gasteiger partial charge in [0.25, 0.3) is 5.91 Å². The van der Waals surface area contributed by atoms with Gasteiger partial charge in [0, 0.05) is 5.56 Å². The molecule has 4 nitrogen and oxygen atoms in total. The summed E-state index contributed by atoms with van der Waals surface area (Å²) in [5.74, 6) is -1.13. The number of hydrogen-bond donors (Lipinski definition) is 2. The van der Waals surface area contributed by atoms with Crippen molar-refractivity contribution in [3.63, 3.8) is 0 Å². The number of carbonyl (C=O) groups is 2. The molecule has 0 spiro atoms. The first kappa shape index (κ1) is 16.0. The number of carboxylic acids is 1. The van der Waals surface area contributed by atoms with Gasteiger partial charge in [0.1, 0.15) is 0 Å². The van der Waals surface area contributed by atoms with E-state index in [9.17, 15) is 9.59 Å². The molecule has 0 aliphatic carbocycles. The number of rotatable bonds is 6. The van der Waals surface area contributed by atoms with Gasteiger partial charge in [-0.15, -0.1) is 0 Å². The van der Waals surface area contributed by atoms with Crippen molar-refractivity contribution in [2.75, 3.05) is 0 Å². The summed E-state index contributed by atoms with van der Waals surface area (Å²) in [5, 5.41) is 14.1. The second-order valence-corrected chi connectivity index (χ2v) is 5.57. The number of aliphatic carboxylic acids is 1. The van der Waals surface area contributed by atoms with Gasteiger partial charge >= 0.3 is 5.97 Å². The monoisotopic (exact) mass is 299 g/mol. The SMILES string of the molecule is CCC(CC)(CC(=O)O)NC(=O)c1ccc2ccccc2c1. The molecule has 4 heteroatoms. The number of amides is 1. The zero-order chi connectivity index (χ0) is 16.2. The van der Waals surface area contributed by atoms with Crippen LogP contribution in [0.4, 0.5) is 0 Å². The molecule has 0 bridgehead atoms. The Bertz CT molecular complexity index is 690. The maximum atomic E-state index is 12.5. The Morgan fingerprint density at radius 1 is 1.05 bits per heavy atom. The number of fused-ring (bicyclic) bond motifs is 1. The molecule has 22 heavy (non-hydrogen) atoms. The second kappa shape index (κ2) is 6.60. The van der Waals surface area contributed by atoms with Crippen LogP contribution in [0.25, 0.3) is 10.8 Å². The topological polar surface area (TPSA) is 66.4 Å². The van der Waals surface area contributed by atoms with Gasteiger partial charge < -0.3 is 10.4 Å². The zero-order valence-corrected chi connectivity index (χ0v) is 12.9. The molecule has 0 radical (unpaired) electrons. The molecule has 2 rings (SSSR count). The Morgan fingerprint density at radius 2 is 1.68 bits per heavy atom. The number of carboxylic acid groups (broad SMARTS) is 1. The maximum Gasteiger partial charge on any atom is 0.305 e. The minimum atomic E-state index is -0.900. The summed E-state index contributed by atoms with van der Waals surface area (Å²) in [4.78, 5) is 23.6. The standard InChI is InChI=1S/C18H21NO3/c1-3-18(4-2,12-16(20)21)19-17(22)15-10-9-13-7-5-6-8-14(13)11-15/h5-11H,3-4,12H2,1-2H3,(H,19,22)(H,20,21). The highest BCUT2D eigenvalue weighted by Gasteiger charge is 2.31. The molecule has 0 saturated heterocycles. The lowest BCUT2D eigenvalue weighted by atomic mass is 9.88. The minimum Gasteiger partial charge on any atom is -0.481 e. The first-order valence-corrected chi connectivity index (χ1v) is 7.53. The Kier molecular flexibility index (Phi) is 4.81. The Morgan fingerprint density at radius 3 is 2.27 bits per heavy atom. The molecule has 2 aromatic rings. The van der Waals surface area contributed by atoms with Gasteiger partial charge in [-0.3, -0.25) is 9.59 Å². The number of benzene rings is 2. The number of carbonyl (C=O) groups excluding carboxylic acids is 1. The fourth-order valence-corrected chi connectivity index (χ4v) is 2.65. The molecule has 0 aliphatic heterocycles. The van der Waals surface area contributed by atoms with Crippen LogP contribution in [0, 0.1) is 0 Å². The third-order valence-corrected chi connectivity index (χ3v) is 4.23. The van der Waals surface area contributed by atoms with Crippen LogP contribution in [0.3, 0.4) is 0 Å². The molecule has 0 unspecified atom stereocenters. The lowest BCUT2D eigenvalue weighted by molar-refractivity contribution is -0.138. The summed E-state index contributed by atoms with van der Waals surface area (Å²) < 4.78 is 0. The average Bonchev–Trinajstić information content (AvgIpc) is 2.53. The van der Waals surface area contributed by atoms with Crippen LogP contribution in [-0.2, 0) is 4.79 Å². The van der Waals surface area contributed by atoms with Gasteiger partial charge in [-0.2, -0.15) is 0 Å². The van der Waals surface area contributed by atoms with Crippen molar-refractivity contribution in [3.05, 3.63) is 48.0 Å². The molecule has 0 atom stereocenters. The van der Waals surface area contributed by atoms with E-state index in [4.69, 9.17) is 5.11 Å². The van der Waals surface area contributed by atoms with E-state index in [0.29, 0.717) is 18.4 Å². The molecular weight excluding hydrogens is 278 g/mol.